The average molecular weight is 433 g/mol. The fourth-order valence-electron chi connectivity index (χ4n) is 3.41. The van der Waals surface area contributed by atoms with Crippen LogP contribution in [0.4, 0.5) is 5.69 Å². The SMILES string of the molecule is CC(NC(=O)CN1CCN(S(=O)(=O)c2ccccc2[N+](=O)[O-])CC1)c1ccccc1. The van der Waals surface area contributed by atoms with E-state index in [1.54, 1.807) is 0 Å². The van der Waals surface area contributed by atoms with Gasteiger partial charge in [0.25, 0.3) is 5.69 Å². The summed E-state index contributed by atoms with van der Waals surface area (Å²) in [7, 11) is -3.98. The normalized spacial score (nSPS) is 16.7. The highest BCUT2D eigenvalue weighted by Gasteiger charge is 2.33. The van der Waals surface area contributed by atoms with Crippen LogP contribution in [0.3, 0.4) is 0 Å². The number of nitro groups is 1. The van der Waals surface area contributed by atoms with Crippen molar-refractivity contribution in [2.45, 2.75) is 17.9 Å². The first kappa shape index (κ1) is 21.9. The molecule has 0 saturated carbocycles. The van der Waals surface area contributed by atoms with E-state index in [-0.39, 0.29) is 36.5 Å². The van der Waals surface area contributed by atoms with Crippen LogP contribution in [-0.4, -0.2) is 61.2 Å². The number of para-hydroxylation sites is 1. The lowest BCUT2D eigenvalue weighted by Gasteiger charge is -2.33. The molecule has 0 aliphatic carbocycles. The second-order valence-electron chi connectivity index (χ2n) is 7.10. The zero-order valence-electron chi connectivity index (χ0n) is 16.6. The molecule has 1 atom stereocenters. The van der Waals surface area contributed by atoms with Gasteiger partial charge in [0.1, 0.15) is 0 Å². The molecule has 0 radical (unpaired) electrons. The Bertz CT molecular complexity index is 1000. The van der Waals surface area contributed by atoms with Crippen molar-refractivity contribution in [2.75, 3.05) is 32.7 Å². The summed E-state index contributed by atoms with van der Waals surface area (Å²) >= 11 is 0. The van der Waals surface area contributed by atoms with Crippen LogP contribution in [0.2, 0.25) is 0 Å². The van der Waals surface area contributed by atoms with Crippen molar-refractivity contribution >= 4 is 21.6 Å². The molecule has 1 aliphatic heterocycles. The van der Waals surface area contributed by atoms with Crippen molar-refractivity contribution in [2.24, 2.45) is 0 Å². The van der Waals surface area contributed by atoms with Gasteiger partial charge in [-0.3, -0.25) is 19.8 Å². The molecule has 1 unspecified atom stereocenters. The summed E-state index contributed by atoms with van der Waals surface area (Å²) in [6.07, 6.45) is 0. The van der Waals surface area contributed by atoms with Gasteiger partial charge in [-0.05, 0) is 18.6 Å². The molecule has 0 spiro atoms. The minimum absolute atomic E-state index is 0.126. The maximum atomic E-state index is 12.9. The number of carbonyl (C=O) groups is 1. The van der Waals surface area contributed by atoms with E-state index < -0.39 is 20.6 Å². The number of sulfonamides is 1. The summed E-state index contributed by atoms with van der Waals surface area (Å²) in [6, 6.07) is 14.8. The number of amides is 1. The zero-order valence-corrected chi connectivity index (χ0v) is 17.4. The van der Waals surface area contributed by atoms with Crippen molar-refractivity contribution in [1.29, 1.82) is 0 Å². The van der Waals surface area contributed by atoms with Crippen LogP contribution in [0.25, 0.3) is 0 Å². The number of nitrogens with one attached hydrogen (secondary N) is 1. The number of piperazine rings is 1. The molecule has 1 N–H and O–H groups in total. The quantitative estimate of drug-likeness (QED) is 0.527. The fraction of sp³-hybridized carbons (Fsp3) is 0.350. The van der Waals surface area contributed by atoms with Gasteiger partial charge in [0.15, 0.2) is 4.90 Å². The standard InChI is InChI=1S/C20H24N4O5S/c1-16(17-7-3-2-4-8-17)21-20(25)15-22-11-13-23(14-12-22)30(28,29)19-10-6-5-9-18(19)24(26)27/h2-10,16H,11-15H2,1H3,(H,21,25). The largest absolute Gasteiger partial charge is 0.348 e. The molecule has 1 saturated heterocycles. The maximum absolute atomic E-state index is 12.9. The van der Waals surface area contributed by atoms with Crippen LogP contribution in [0, 0.1) is 10.1 Å². The first-order valence-electron chi connectivity index (χ1n) is 9.59. The average Bonchev–Trinajstić information content (AvgIpc) is 2.74. The van der Waals surface area contributed by atoms with Crippen LogP contribution in [0.15, 0.2) is 59.5 Å². The first-order valence-corrected chi connectivity index (χ1v) is 11.0. The molecule has 2 aromatic carbocycles. The molecule has 2 aromatic rings. The third kappa shape index (κ3) is 5.02. The Balaban J connectivity index is 1.57. The third-order valence-corrected chi connectivity index (χ3v) is 7.00. The molecular formula is C20H24N4O5S. The number of carbonyl (C=O) groups excluding carboxylic acids is 1. The van der Waals surface area contributed by atoms with E-state index in [0.29, 0.717) is 13.1 Å². The Morgan fingerprint density at radius 3 is 2.30 bits per heavy atom. The zero-order chi connectivity index (χ0) is 21.7. The molecule has 1 heterocycles. The van der Waals surface area contributed by atoms with Crippen LogP contribution >= 0.6 is 0 Å². The van der Waals surface area contributed by atoms with Gasteiger partial charge in [0.2, 0.25) is 15.9 Å². The van der Waals surface area contributed by atoms with Gasteiger partial charge in [-0.25, -0.2) is 8.42 Å². The van der Waals surface area contributed by atoms with E-state index in [0.717, 1.165) is 5.56 Å². The van der Waals surface area contributed by atoms with E-state index in [9.17, 15) is 23.3 Å². The van der Waals surface area contributed by atoms with Gasteiger partial charge in [0, 0.05) is 32.2 Å². The Morgan fingerprint density at radius 1 is 1.07 bits per heavy atom. The van der Waals surface area contributed by atoms with Gasteiger partial charge in [-0.15, -0.1) is 0 Å². The fourth-order valence-corrected chi connectivity index (χ4v) is 4.99. The van der Waals surface area contributed by atoms with Crippen LogP contribution in [0.1, 0.15) is 18.5 Å². The second kappa shape index (κ2) is 9.33. The number of nitro benzene ring substituents is 1. The predicted octanol–water partition coefficient (Wildman–Crippen LogP) is 1.78. The molecule has 1 aliphatic rings. The molecule has 1 fully saturated rings. The highest BCUT2D eigenvalue weighted by Crippen LogP contribution is 2.26. The summed E-state index contributed by atoms with van der Waals surface area (Å²) in [5, 5.41) is 14.1. The molecule has 160 valence electrons. The molecule has 10 heteroatoms. The highest BCUT2D eigenvalue weighted by atomic mass is 32.2. The summed E-state index contributed by atoms with van der Waals surface area (Å²) < 4.78 is 27.0. The van der Waals surface area contributed by atoms with E-state index in [1.807, 2.05) is 42.2 Å². The lowest BCUT2D eigenvalue weighted by atomic mass is 10.1. The number of benzene rings is 2. The van der Waals surface area contributed by atoms with Crippen molar-refractivity contribution in [3.63, 3.8) is 0 Å². The Hall–Kier alpha value is -2.82. The Kier molecular flexibility index (Phi) is 6.80. The Morgan fingerprint density at radius 2 is 1.67 bits per heavy atom. The van der Waals surface area contributed by atoms with E-state index in [4.69, 9.17) is 0 Å². The van der Waals surface area contributed by atoms with Crippen molar-refractivity contribution in [3.8, 4) is 0 Å². The Labute approximate surface area is 175 Å². The van der Waals surface area contributed by atoms with Gasteiger partial charge < -0.3 is 5.32 Å². The minimum Gasteiger partial charge on any atom is -0.348 e. The van der Waals surface area contributed by atoms with Crippen molar-refractivity contribution in [1.82, 2.24) is 14.5 Å². The number of nitrogens with zero attached hydrogens (tertiary/aromatic N) is 3. The maximum Gasteiger partial charge on any atom is 0.289 e. The van der Waals surface area contributed by atoms with Gasteiger partial charge in [-0.1, -0.05) is 42.5 Å². The van der Waals surface area contributed by atoms with Crippen molar-refractivity contribution in [3.05, 3.63) is 70.3 Å². The van der Waals surface area contributed by atoms with Crippen molar-refractivity contribution < 1.29 is 18.1 Å². The molecule has 0 bridgehead atoms. The summed E-state index contributed by atoms with van der Waals surface area (Å²) in [4.78, 5) is 24.4. The minimum atomic E-state index is -3.98. The predicted molar refractivity (Wildman–Crippen MR) is 111 cm³/mol. The monoisotopic (exact) mass is 432 g/mol. The summed E-state index contributed by atoms with van der Waals surface area (Å²) in [6.45, 7) is 3.13. The first-order chi connectivity index (χ1) is 14.3. The van der Waals surface area contributed by atoms with E-state index >= 15 is 0 Å². The molecular weight excluding hydrogens is 408 g/mol. The summed E-state index contributed by atoms with van der Waals surface area (Å²) in [5.41, 5.74) is 0.570. The molecule has 1 amide bonds. The molecule has 30 heavy (non-hydrogen) atoms. The van der Waals surface area contributed by atoms with E-state index in [2.05, 4.69) is 5.32 Å². The number of rotatable bonds is 7. The topological polar surface area (TPSA) is 113 Å². The van der Waals surface area contributed by atoms with Crippen LogP contribution < -0.4 is 5.32 Å². The van der Waals surface area contributed by atoms with Crippen LogP contribution in [0.5, 0.6) is 0 Å². The lowest BCUT2D eigenvalue weighted by Crippen LogP contribution is -2.51. The van der Waals surface area contributed by atoms with Gasteiger partial charge in [-0.2, -0.15) is 4.31 Å². The molecule has 3 rings (SSSR count). The lowest BCUT2D eigenvalue weighted by molar-refractivity contribution is -0.387. The van der Waals surface area contributed by atoms with Crippen LogP contribution in [-0.2, 0) is 14.8 Å². The van der Waals surface area contributed by atoms with Gasteiger partial charge in [0.05, 0.1) is 17.5 Å². The smallest absolute Gasteiger partial charge is 0.289 e. The molecule has 9 nitrogen and oxygen atoms in total. The van der Waals surface area contributed by atoms with E-state index in [1.165, 1.54) is 28.6 Å². The van der Waals surface area contributed by atoms with Gasteiger partial charge >= 0.3 is 0 Å². The number of hydrogen-bond acceptors (Lipinski definition) is 6. The summed E-state index contributed by atoms with van der Waals surface area (Å²) in [5.74, 6) is -0.138. The highest BCUT2D eigenvalue weighted by molar-refractivity contribution is 7.89. The third-order valence-electron chi connectivity index (χ3n) is 5.06. The number of hydrogen-bond donors (Lipinski definition) is 1. The second-order valence-corrected chi connectivity index (χ2v) is 9.01. The molecule has 0 aromatic heterocycles.